The highest BCUT2D eigenvalue weighted by molar-refractivity contribution is 5.68. The third-order valence-electron chi connectivity index (χ3n) is 2.25. The van der Waals surface area contributed by atoms with Crippen molar-refractivity contribution in [2.45, 2.75) is 38.9 Å². The molecule has 0 radical (unpaired) electrons. The second-order valence-corrected chi connectivity index (χ2v) is 5.58. The number of hydrogen-bond donors (Lipinski definition) is 2. The summed E-state index contributed by atoms with van der Waals surface area (Å²) >= 11 is 0. The van der Waals surface area contributed by atoms with Gasteiger partial charge in [-0.15, -0.1) is 0 Å². The first-order valence-electron chi connectivity index (χ1n) is 5.61. The van der Waals surface area contributed by atoms with Crippen molar-refractivity contribution in [1.82, 2.24) is 10.2 Å². The molecule has 0 aliphatic carbocycles. The first-order valence-corrected chi connectivity index (χ1v) is 5.61. The van der Waals surface area contributed by atoms with Crippen molar-refractivity contribution in [3.05, 3.63) is 0 Å². The molecule has 0 bridgehead atoms. The zero-order valence-corrected chi connectivity index (χ0v) is 10.5. The first-order chi connectivity index (χ1) is 7.20. The average Bonchev–Trinajstić information content (AvgIpc) is 2.23. The van der Waals surface area contributed by atoms with Crippen LogP contribution in [-0.4, -0.2) is 53.5 Å². The Morgan fingerprint density at radius 2 is 2.12 bits per heavy atom. The highest BCUT2D eigenvalue weighted by Crippen LogP contribution is 2.13. The van der Waals surface area contributed by atoms with Crippen LogP contribution >= 0.6 is 0 Å². The largest absolute Gasteiger partial charge is 0.444 e. The van der Waals surface area contributed by atoms with E-state index in [0.29, 0.717) is 26.2 Å². The summed E-state index contributed by atoms with van der Waals surface area (Å²) in [5.41, 5.74) is -1.39. The van der Waals surface area contributed by atoms with Gasteiger partial charge in [0.25, 0.3) is 0 Å². The van der Waals surface area contributed by atoms with Crippen molar-refractivity contribution in [2.24, 2.45) is 0 Å². The smallest absolute Gasteiger partial charge is 0.410 e. The van der Waals surface area contributed by atoms with Gasteiger partial charge in [-0.1, -0.05) is 0 Å². The van der Waals surface area contributed by atoms with E-state index in [1.165, 1.54) is 0 Å². The van der Waals surface area contributed by atoms with E-state index in [0.717, 1.165) is 0 Å². The predicted molar refractivity (Wildman–Crippen MR) is 61.3 cm³/mol. The molecule has 1 aliphatic heterocycles. The molecule has 1 rings (SSSR count). The Hall–Kier alpha value is -0.810. The van der Waals surface area contributed by atoms with Gasteiger partial charge in [0.05, 0.1) is 12.1 Å². The van der Waals surface area contributed by atoms with Crippen LogP contribution in [0.5, 0.6) is 0 Å². The van der Waals surface area contributed by atoms with Crippen molar-refractivity contribution in [3.63, 3.8) is 0 Å². The van der Waals surface area contributed by atoms with Crippen LogP contribution < -0.4 is 5.32 Å². The molecule has 2 N–H and O–H groups in total. The maximum atomic E-state index is 11.8. The first kappa shape index (κ1) is 13.3. The molecule has 5 heteroatoms. The lowest BCUT2D eigenvalue weighted by Gasteiger charge is -2.30. The summed E-state index contributed by atoms with van der Waals surface area (Å²) in [6, 6.07) is 0. The molecule has 1 saturated heterocycles. The summed E-state index contributed by atoms with van der Waals surface area (Å²) in [7, 11) is 0. The molecule has 0 aromatic rings. The molecule has 94 valence electrons. The molecule has 1 aliphatic rings. The minimum absolute atomic E-state index is 0.301. The van der Waals surface area contributed by atoms with Gasteiger partial charge in [-0.25, -0.2) is 4.79 Å². The molecule has 5 nitrogen and oxygen atoms in total. The van der Waals surface area contributed by atoms with Gasteiger partial charge in [-0.05, 0) is 27.7 Å². The normalized spacial score (nSPS) is 27.4. The topological polar surface area (TPSA) is 61.8 Å². The summed E-state index contributed by atoms with van der Waals surface area (Å²) in [6.07, 6.45) is -0.364. The van der Waals surface area contributed by atoms with E-state index in [9.17, 15) is 9.90 Å². The monoisotopic (exact) mass is 230 g/mol. The number of nitrogens with zero attached hydrogens (tertiary/aromatic N) is 1. The van der Waals surface area contributed by atoms with Gasteiger partial charge in [0.15, 0.2) is 0 Å². The summed E-state index contributed by atoms with van der Waals surface area (Å²) in [4.78, 5) is 13.4. The van der Waals surface area contributed by atoms with Crippen LogP contribution in [0.1, 0.15) is 27.7 Å². The van der Waals surface area contributed by atoms with E-state index in [-0.39, 0.29) is 6.09 Å². The molecule has 16 heavy (non-hydrogen) atoms. The van der Waals surface area contributed by atoms with Gasteiger partial charge in [0.2, 0.25) is 0 Å². The molecule has 0 aromatic carbocycles. The van der Waals surface area contributed by atoms with E-state index in [1.54, 1.807) is 11.8 Å². The number of amides is 1. The van der Waals surface area contributed by atoms with Crippen molar-refractivity contribution in [1.29, 1.82) is 0 Å². The summed E-state index contributed by atoms with van der Waals surface area (Å²) in [5, 5.41) is 13.0. The van der Waals surface area contributed by atoms with E-state index < -0.39 is 11.2 Å². The Labute approximate surface area is 96.8 Å². The zero-order chi connectivity index (χ0) is 12.4. The van der Waals surface area contributed by atoms with Gasteiger partial charge < -0.3 is 20.1 Å². The van der Waals surface area contributed by atoms with Gasteiger partial charge in [-0.2, -0.15) is 0 Å². The lowest BCUT2D eigenvalue weighted by atomic mass is 10.1. The van der Waals surface area contributed by atoms with Gasteiger partial charge in [0.1, 0.15) is 5.60 Å². The van der Waals surface area contributed by atoms with Crippen LogP contribution in [0, 0.1) is 0 Å². The lowest BCUT2D eigenvalue weighted by Crippen LogP contribution is -2.46. The summed E-state index contributed by atoms with van der Waals surface area (Å²) in [6.45, 7) is 9.24. The SMILES string of the molecule is CC1(O)CNCCN(C(=O)OC(C)(C)C)C1. The van der Waals surface area contributed by atoms with Crippen LogP contribution in [0.25, 0.3) is 0 Å². The Morgan fingerprint density at radius 3 is 2.69 bits per heavy atom. The summed E-state index contributed by atoms with van der Waals surface area (Å²) in [5.74, 6) is 0. The molecule has 1 atom stereocenters. The number of aliphatic hydroxyl groups is 1. The van der Waals surface area contributed by atoms with Crippen LogP contribution in [0.3, 0.4) is 0 Å². The molecule has 1 amide bonds. The molecule has 1 heterocycles. The van der Waals surface area contributed by atoms with Gasteiger partial charge in [-0.3, -0.25) is 0 Å². The Kier molecular flexibility index (Phi) is 3.80. The highest BCUT2D eigenvalue weighted by Gasteiger charge is 2.31. The zero-order valence-electron chi connectivity index (χ0n) is 10.5. The summed E-state index contributed by atoms with van der Waals surface area (Å²) < 4.78 is 5.27. The Bertz CT molecular complexity index is 258. The molecule has 0 saturated carbocycles. The number of ether oxygens (including phenoxy) is 1. The maximum Gasteiger partial charge on any atom is 0.410 e. The Morgan fingerprint density at radius 1 is 1.50 bits per heavy atom. The van der Waals surface area contributed by atoms with E-state index in [2.05, 4.69) is 5.32 Å². The lowest BCUT2D eigenvalue weighted by molar-refractivity contribution is -0.000991. The second kappa shape index (κ2) is 4.59. The number of carbonyl (C=O) groups is 1. The van der Waals surface area contributed by atoms with E-state index in [4.69, 9.17) is 4.74 Å². The standard InChI is InChI=1S/C11H22N2O3/c1-10(2,3)16-9(14)13-6-5-12-7-11(4,15)8-13/h12,15H,5-8H2,1-4H3. The molecule has 0 spiro atoms. The third-order valence-corrected chi connectivity index (χ3v) is 2.25. The van der Waals surface area contributed by atoms with Crippen molar-refractivity contribution in [3.8, 4) is 0 Å². The number of β-amino-alcohol motifs (C(OH)–C–C–N with tert-alkyl or cyclic N) is 1. The predicted octanol–water partition coefficient (Wildman–Crippen LogP) is 0.578. The number of nitrogens with one attached hydrogen (secondary N) is 1. The van der Waals surface area contributed by atoms with Crippen molar-refractivity contribution >= 4 is 6.09 Å². The highest BCUT2D eigenvalue weighted by atomic mass is 16.6. The fourth-order valence-corrected chi connectivity index (χ4v) is 1.60. The van der Waals surface area contributed by atoms with Crippen molar-refractivity contribution in [2.75, 3.05) is 26.2 Å². The van der Waals surface area contributed by atoms with Gasteiger partial charge in [0, 0.05) is 19.6 Å². The molecular weight excluding hydrogens is 208 g/mol. The minimum atomic E-state index is -0.895. The van der Waals surface area contributed by atoms with Crippen LogP contribution in [0.15, 0.2) is 0 Å². The Balaban J connectivity index is 2.61. The second-order valence-electron chi connectivity index (χ2n) is 5.58. The molecule has 0 aromatic heterocycles. The van der Waals surface area contributed by atoms with Crippen LogP contribution in [0.2, 0.25) is 0 Å². The average molecular weight is 230 g/mol. The van der Waals surface area contributed by atoms with E-state index in [1.807, 2.05) is 20.8 Å². The molecule has 1 unspecified atom stereocenters. The number of rotatable bonds is 0. The van der Waals surface area contributed by atoms with Crippen LogP contribution in [-0.2, 0) is 4.74 Å². The maximum absolute atomic E-state index is 11.8. The van der Waals surface area contributed by atoms with Crippen molar-refractivity contribution < 1.29 is 14.6 Å². The minimum Gasteiger partial charge on any atom is -0.444 e. The fourth-order valence-electron chi connectivity index (χ4n) is 1.60. The molecular formula is C11H22N2O3. The third kappa shape index (κ3) is 4.37. The fraction of sp³-hybridized carbons (Fsp3) is 0.909. The van der Waals surface area contributed by atoms with Gasteiger partial charge >= 0.3 is 6.09 Å². The quantitative estimate of drug-likeness (QED) is 0.639. The van der Waals surface area contributed by atoms with Crippen LogP contribution in [0.4, 0.5) is 4.79 Å². The number of carbonyl (C=O) groups excluding carboxylic acids is 1. The molecule has 1 fully saturated rings. The van der Waals surface area contributed by atoms with E-state index >= 15 is 0 Å². The number of hydrogen-bond acceptors (Lipinski definition) is 4.